The summed E-state index contributed by atoms with van der Waals surface area (Å²) < 4.78 is 5.25. The van der Waals surface area contributed by atoms with Gasteiger partial charge in [-0.05, 0) is 69.4 Å². The van der Waals surface area contributed by atoms with Gasteiger partial charge in [-0.1, -0.05) is 0 Å². The number of carbonyl (C=O) groups excluding carboxylic acids is 1. The Bertz CT molecular complexity index is 958. The zero-order valence-corrected chi connectivity index (χ0v) is 18.0. The van der Waals surface area contributed by atoms with Gasteiger partial charge in [0.1, 0.15) is 5.56 Å². The molecule has 1 aliphatic carbocycles. The molecule has 2 aromatic rings. The smallest absolute Gasteiger partial charge is 0.341 e. The molecule has 7 heteroatoms. The number of rotatable bonds is 8. The van der Waals surface area contributed by atoms with E-state index in [1.54, 1.807) is 11.3 Å². The van der Waals surface area contributed by atoms with E-state index in [2.05, 4.69) is 34.2 Å². The highest BCUT2D eigenvalue weighted by molar-refractivity contribution is 7.16. The first-order valence-electron chi connectivity index (χ1n) is 10.0. The van der Waals surface area contributed by atoms with Crippen LogP contribution in [0.25, 0.3) is 0 Å². The zero-order chi connectivity index (χ0) is 20.8. The molecule has 0 N–H and O–H groups in total. The summed E-state index contributed by atoms with van der Waals surface area (Å²) in [5.74, 6) is -0.302. The van der Waals surface area contributed by atoms with Crippen molar-refractivity contribution in [1.82, 2.24) is 0 Å². The summed E-state index contributed by atoms with van der Waals surface area (Å²) in [4.78, 5) is 15.9. The number of thiophene rings is 1. The second kappa shape index (κ2) is 9.66. The van der Waals surface area contributed by atoms with E-state index in [-0.39, 0.29) is 5.97 Å². The molecule has 0 amide bonds. The number of anilines is 1. The molecular formula is C22H26N4O2S. The van der Waals surface area contributed by atoms with Crippen LogP contribution < -0.4 is 4.90 Å². The Morgan fingerprint density at radius 1 is 1.31 bits per heavy atom. The van der Waals surface area contributed by atoms with Gasteiger partial charge in [0.05, 0.1) is 24.8 Å². The van der Waals surface area contributed by atoms with Gasteiger partial charge < -0.3 is 9.64 Å². The van der Waals surface area contributed by atoms with Crippen molar-refractivity contribution >= 4 is 33.7 Å². The molecule has 0 fully saturated rings. The van der Waals surface area contributed by atoms with E-state index in [9.17, 15) is 4.79 Å². The highest BCUT2D eigenvalue weighted by Crippen LogP contribution is 2.42. The van der Waals surface area contributed by atoms with Crippen LogP contribution in [0.4, 0.5) is 16.4 Å². The molecule has 1 aliphatic rings. The van der Waals surface area contributed by atoms with Gasteiger partial charge in [0.2, 0.25) is 0 Å². The Morgan fingerprint density at radius 2 is 2.14 bits per heavy atom. The first-order chi connectivity index (χ1) is 14.1. The SMILES string of the molecule is CCOC(=O)c1c(N=Nc2ccc(N(CC)CCC#N)cc2C)sc2c1CCC2. The van der Waals surface area contributed by atoms with Crippen LogP contribution in [0.15, 0.2) is 28.4 Å². The van der Waals surface area contributed by atoms with E-state index < -0.39 is 0 Å². The van der Waals surface area contributed by atoms with Crippen molar-refractivity contribution in [3.8, 4) is 6.07 Å². The van der Waals surface area contributed by atoms with Gasteiger partial charge in [-0.3, -0.25) is 0 Å². The van der Waals surface area contributed by atoms with Crippen LogP contribution in [-0.2, 0) is 17.6 Å². The van der Waals surface area contributed by atoms with Gasteiger partial charge >= 0.3 is 5.97 Å². The Balaban J connectivity index is 1.85. The van der Waals surface area contributed by atoms with Gasteiger partial charge in [-0.15, -0.1) is 21.6 Å². The average Bonchev–Trinajstić information content (AvgIpc) is 3.28. The molecule has 6 nitrogen and oxygen atoms in total. The van der Waals surface area contributed by atoms with Crippen LogP contribution in [-0.4, -0.2) is 25.7 Å². The fraction of sp³-hybridized carbons (Fsp3) is 0.455. The molecule has 0 atom stereocenters. The topological polar surface area (TPSA) is 78.0 Å². The van der Waals surface area contributed by atoms with Crippen molar-refractivity contribution in [2.24, 2.45) is 10.2 Å². The molecule has 0 saturated heterocycles. The van der Waals surface area contributed by atoms with E-state index in [0.717, 1.165) is 48.3 Å². The number of hydrogen-bond donors (Lipinski definition) is 0. The second-order valence-electron chi connectivity index (χ2n) is 6.92. The van der Waals surface area contributed by atoms with E-state index >= 15 is 0 Å². The number of aryl methyl sites for hydroxylation is 2. The minimum absolute atomic E-state index is 0.302. The van der Waals surface area contributed by atoms with E-state index in [0.29, 0.717) is 30.1 Å². The molecule has 1 aromatic carbocycles. The second-order valence-corrected chi connectivity index (χ2v) is 8.00. The molecule has 0 unspecified atom stereocenters. The van der Waals surface area contributed by atoms with Gasteiger partial charge in [0.25, 0.3) is 0 Å². The third-order valence-electron chi connectivity index (χ3n) is 5.05. The lowest BCUT2D eigenvalue weighted by atomic mass is 10.1. The van der Waals surface area contributed by atoms with Crippen LogP contribution in [0.2, 0.25) is 0 Å². The average molecular weight is 411 g/mol. The maximum Gasteiger partial charge on any atom is 0.341 e. The fourth-order valence-corrected chi connectivity index (χ4v) is 4.77. The lowest BCUT2D eigenvalue weighted by Crippen LogP contribution is -2.23. The van der Waals surface area contributed by atoms with Crippen LogP contribution in [0.5, 0.6) is 0 Å². The molecule has 1 aromatic heterocycles. The van der Waals surface area contributed by atoms with Crippen molar-refractivity contribution in [1.29, 1.82) is 5.26 Å². The predicted octanol–water partition coefficient (Wildman–Crippen LogP) is 5.88. The minimum atomic E-state index is -0.302. The van der Waals surface area contributed by atoms with Crippen molar-refractivity contribution in [2.45, 2.75) is 46.5 Å². The van der Waals surface area contributed by atoms with Crippen LogP contribution in [0, 0.1) is 18.3 Å². The van der Waals surface area contributed by atoms with Gasteiger partial charge in [-0.2, -0.15) is 5.26 Å². The first-order valence-corrected chi connectivity index (χ1v) is 10.9. The summed E-state index contributed by atoms with van der Waals surface area (Å²) in [6.45, 7) is 7.78. The number of benzene rings is 1. The molecule has 0 saturated carbocycles. The molecule has 0 radical (unpaired) electrons. The normalized spacial score (nSPS) is 12.8. The number of nitrogens with zero attached hydrogens (tertiary/aromatic N) is 4. The van der Waals surface area contributed by atoms with Crippen LogP contribution in [0.3, 0.4) is 0 Å². The predicted molar refractivity (Wildman–Crippen MR) is 116 cm³/mol. The lowest BCUT2D eigenvalue weighted by molar-refractivity contribution is 0.0526. The molecule has 0 spiro atoms. The van der Waals surface area contributed by atoms with Gasteiger partial charge in [-0.25, -0.2) is 4.79 Å². The Labute approximate surface area is 175 Å². The molecule has 0 aliphatic heterocycles. The van der Waals surface area contributed by atoms with Crippen LogP contribution >= 0.6 is 11.3 Å². The third-order valence-corrected chi connectivity index (χ3v) is 6.23. The minimum Gasteiger partial charge on any atom is -0.462 e. The standard InChI is InChI=1S/C22H26N4O2S/c1-4-26(13-7-12-23)16-10-11-18(15(3)14-16)24-25-21-20(22(27)28-5-2)17-8-6-9-19(17)29-21/h10-11,14H,4-9,13H2,1-3H3. The molecule has 1 heterocycles. The van der Waals surface area contributed by atoms with E-state index in [1.165, 1.54) is 4.88 Å². The largest absolute Gasteiger partial charge is 0.462 e. The summed E-state index contributed by atoms with van der Waals surface area (Å²) in [6.07, 6.45) is 3.46. The van der Waals surface area contributed by atoms with E-state index in [4.69, 9.17) is 10.00 Å². The van der Waals surface area contributed by atoms with Crippen molar-refractivity contribution in [3.05, 3.63) is 39.8 Å². The molecule has 29 heavy (non-hydrogen) atoms. The Morgan fingerprint density at radius 3 is 2.83 bits per heavy atom. The monoisotopic (exact) mass is 410 g/mol. The van der Waals surface area contributed by atoms with Crippen molar-refractivity contribution in [2.75, 3.05) is 24.6 Å². The third kappa shape index (κ3) is 4.65. The molecule has 0 bridgehead atoms. The van der Waals surface area contributed by atoms with Crippen LogP contribution in [0.1, 0.15) is 53.1 Å². The molecular weight excluding hydrogens is 384 g/mol. The number of ether oxygens (including phenoxy) is 1. The molecule has 3 rings (SSSR count). The Hall–Kier alpha value is -2.72. The number of esters is 1. The van der Waals surface area contributed by atoms with Crippen molar-refractivity contribution in [3.63, 3.8) is 0 Å². The quantitative estimate of drug-likeness (QED) is 0.402. The summed E-state index contributed by atoms with van der Waals surface area (Å²) >= 11 is 1.55. The first kappa shape index (κ1) is 21.0. The summed E-state index contributed by atoms with van der Waals surface area (Å²) in [5.41, 5.74) is 4.53. The number of carbonyl (C=O) groups is 1. The van der Waals surface area contributed by atoms with Crippen molar-refractivity contribution < 1.29 is 9.53 Å². The number of azo groups is 1. The lowest BCUT2D eigenvalue weighted by Gasteiger charge is -2.22. The maximum absolute atomic E-state index is 12.5. The maximum atomic E-state index is 12.5. The number of fused-ring (bicyclic) bond motifs is 1. The highest BCUT2D eigenvalue weighted by atomic mass is 32.1. The highest BCUT2D eigenvalue weighted by Gasteiger charge is 2.27. The summed E-state index contributed by atoms with van der Waals surface area (Å²) in [5, 5.41) is 18.3. The summed E-state index contributed by atoms with van der Waals surface area (Å²) in [6, 6.07) is 8.20. The number of nitriles is 1. The van der Waals surface area contributed by atoms with Gasteiger partial charge in [0.15, 0.2) is 5.00 Å². The summed E-state index contributed by atoms with van der Waals surface area (Å²) in [7, 11) is 0. The van der Waals surface area contributed by atoms with Gasteiger partial charge in [0, 0.05) is 23.7 Å². The fourth-order valence-electron chi connectivity index (χ4n) is 3.58. The van der Waals surface area contributed by atoms with E-state index in [1.807, 2.05) is 26.0 Å². The number of hydrogen-bond acceptors (Lipinski definition) is 7. The molecule has 152 valence electrons. The Kier molecular flexibility index (Phi) is 6.99. The zero-order valence-electron chi connectivity index (χ0n) is 17.2.